The van der Waals surface area contributed by atoms with E-state index in [1.54, 1.807) is 27.7 Å². The summed E-state index contributed by atoms with van der Waals surface area (Å²) in [5, 5.41) is 1.78. The average molecular weight is 294 g/mol. The summed E-state index contributed by atoms with van der Waals surface area (Å²) < 4.78 is 9.83. The molecule has 0 spiro atoms. The number of carbonyl (C=O) groups excluding carboxylic acids is 3. The lowest BCUT2D eigenvalue weighted by molar-refractivity contribution is -0.145. The molecule has 7 heteroatoms. The molecule has 6 nitrogen and oxygen atoms in total. The highest BCUT2D eigenvalue weighted by molar-refractivity contribution is 6.63. The summed E-state index contributed by atoms with van der Waals surface area (Å²) in [5.41, 5.74) is -0.675. The number of amides is 1. The molecule has 1 amide bonds. The first-order valence-electron chi connectivity index (χ1n) is 6.00. The third kappa shape index (κ3) is 9.30. The Morgan fingerprint density at radius 2 is 1.84 bits per heavy atom. The molecule has 110 valence electrons. The Kier molecular flexibility index (Phi) is 7.44. The first-order valence-corrected chi connectivity index (χ1v) is 6.38. The summed E-state index contributed by atoms with van der Waals surface area (Å²) in [6.45, 7) is 6.94. The number of halogens is 1. The molecule has 0 saturated heterocycles. The molecule has 1 atom stereocenters. The lowest BCUT2D eigenvalue weighted by atomic mass is 10.1. The highest BCUT2D eigenvalue weighted by Crippen LogP contribution is 2.09. The van der Waals surface area contributed by atoms with Gasteiger partial charge in [-0.05, 0) is 45.7 Å². The van der Waals surface area contributed by atoms with Crippen LogP contribution in [0.25, 0.3) is 0 Å². The molecule has 0 aromatic rings. The molecule has 0 bridgehead atoms. The fraction of sp³-hybridized carbons (Fsp3) is 0.750. The van der Waals surface area contributed by atoms with E-state index in [2.05, 4.69) is 5.32 Å². The van der Waals surface area contributed by atoms with Crippen LogP contribution in [0.2, 0.25) is 0 Å². The Morgan fingerprint density at radius 3 is 2.26 bits per heavy atom. The van der Waals surface area contributed by atoms with E-state index < -0.39 is 28.9 Å². The van der Waals surface area contributed by atoms with E-state index in [9.17, 15) is 14.4 Å². The molecule has 1 unspecified atom stereocenters. The normalized spacial score (nSPS) is 12.5. The standard InChI is InChI=1S/C12H20ClNO5/c1-5-18-10(16)8(6-7-9(13)15)14-11(17)19-12(2,3)4/h8H,5-7H2,1-4H3,(H,14,17). The summed E-state index contributed by atoms with van der Waals surface area (Å²) in [7, 11) is 0. The van der Waals surface area contributed by atoms with Crippen LogP contribution in [0.15, 0.2) is 0 Å². The lowest BCUT2D eigenvalue weighted by Gasteiger charge is -2.22. The highest BCUT2D eigenvalue weighted by Gasteiger charge is 2.25. The second-order valence-corrected chi connectivity index (χ2v) is 5.27. The van der Waals surface area contributed by atoms with E-state index in [1.165, 1.54) is 0 Å². The molecule has 0 heterocycles. The maximum atomic E-state index is 11.6. The first kappa shape index (κ1) is 17.7. The van der Waals surface area contributed by atoms with Gasteiger partial charge in [0, 0.05) is 6.42 Å². The predicted molar refractivity (Wildman–Crippen MR) is 69.9 cm³/mol. The van der Waals surface area contributed by atoms with Crippen molar-refractivity contribution >= 4 is 28.9 Å². The monoisotopic (exact) mass is 293 g/mol. The van der Waals surface area contributed by atoms with Gasteiger partial charge in [-0.15, -0.1) is 0 Å². The Labute approximate surface area is 117 Å². The van der Waals surface area contributed by atoms with Gasteiger partial charge in [0.15, 0.2) is 0 Å². The van der Waals surface area contributed by atoms with Crippen LogP contribution in [0.4, 0.5) is 4.79 Å². The van der Waals surface area contributed by atoms with Crippen molar-refractivity contribution in [1.29, 1.82) is 0 Å². The van der Waals surface area contributed by atoms with Gasteiger partial charge in [-0.1, -0.05) is 0 Å². The van der Waals surface area contributed by atoms with Gasteiger partial charge in [-0.2, -0.15) is 0 Å². The largest absolute Gasteiger partial charge is 0.464 e. The number of nitrogens with one attached hydrogen (secondary N) is 1. The van der Waals surface area contributed by atoms with Crippen LogP contribution in [-0.4, -0.2) is 35.6 Å². The number of hydrogen-bond acceptors (Lipinski definition) is 5. The molecular formula is C12H20ClNO5. The molecule has 0 aromatic carbocycles. The van der Waals surface area contributed by atoms with Crippen molar-refractivity contribution in [3.63, 3.8) is 0 Å². The lowest BCUT2D eigenvalue weighted by Crippen LogP contribution is -2.44. The molecule has 19 heavy (non-hydrogen) atoms. The van der Waals surface area contributed by atoms with Crippen LogP contribution in [0, 0.1) is 0 Å². The van der Waals surface area contributed by atoms with Gasteiger partial charge in [0.1, 0.15) is 11.6 Å². The van der Waals surface area contributed by atoms with Crippen LogP contribution >= 0.6 is 11.6 Å². The van der Waals surface area contributed by atoms with Crippen LogP contribution in [0.5, 0.6) is 0 Å². The maximum absolute atomic E-state index is 11.6. The zero-order chi connectivity index (χ0) is 15.1. The number of rotatable bonds is 6. The van der Waals surface area contributed by atoms with E-state index in [0.717, 1.165) is 0 Å². The maximum Gasteiger partial charge on any atom is 0.408 e. The Bertz CT molecular complexity index is 338. The summed E-state index contributed by atoms with van der Waals surface area (Å²) in [6, 6.07) is -0.947. The van der Waals surface area contributed by atoms with Crippen molar-refractivity contribution in [2.45, 2.75) is 52.2 Å². The van der Waals surface area contributed by atoms with E-state index >= 15 is 0 Å². The van der Waals surface area contributed by atoms with E-state index in [4.69, 9.17) is 21.1 Å². The van der Waals surface area contributed by atoms with Crippen LogP contribution in [0.3, 0.4) is 0 Å². The zero-order valence-corrected chi connectivity index (χ0v) is 12.4. The van der Waals surface area contributed by atoms with Gasteiger partial charge in [-0.3, -0.25) is 4.79 Å². The van der Waals surface area contributed by atoms with Crippen molar-refractivity contribution in [2.24, 2.45) is 0 Å². The molecule has 0 aromatic heterocycles. The van der Waals surface area contributed by atoms with E-state index in [-0.39, 0.29) is 19.4 Å². The van der Waals surface area contributed by atoms with Gasteiger partial charge in [0.25, 0.3) is 0 Å². The van der Waals surface area contributed by atoms with Gasteiger partial charge < -0.3 is 14.8 Å². The topological polar surface area (TPSA) is 81.7 Å². The number of carbonyl (C=O) groups is 3. The highest BCUT2D eigenvalue weighted by atomic mass is 35.5. The van der Waals surface area contributed by atoms with Gasteiger partial charge in [0.05, 0.1) is 6.61 Å². The fourth-order valence-electron chi connectivity index (χ4n) is 1.20. The van der Waals surface area contributed by atoms with Crippen LogP contribution in [-0.2, 0) is 19.1 Å². The molecule has 0 fully saturated rings. The average Bonchev–Trinajstić information content (AvgIpc) is 2.21. The third-order valence-electron chi connectivity index (χ3n) is 1.89. The number of esters is 1. The molecule has 0 saturated carbocycles. The second kappa shape index (κ2) is 7.99. The Morgan fingerprint density at radius 1 is 1.26 bits per heavy atom. The fourth-order valence-corrected chi connectivity index (χ4v) is 1.31. The number of alkyl carbamates (subject to hydrolysis) is 1. The molecule has 1 N–H and O–H groups in total. The Balaban J connectivity index is 4.52. The minimum atomic E-state index is -0.947. The summed E-state index contributed by atoms with van der Waals surface area (Å²) >= 11 is 5.21. The predicted octanol–water partition coefficient (Wildman–Crippen LogP) is 1.99. The molecule has 0 aliphatic heterocycles. The quantitative estimate of drug-likeness (QED) is 0.598. The smallest absolute Gasteiger partial charge is 0.408 e. The van der Waals surface area contributed by atoms with Crippen molar-refractivity contribution in [3.05, 3.63) is 0 Å². The van der Waals surface area contributed by atoms with Crippen molar-refractivity contribution in [1.82, 2.24) is 5.32 Å². The molecule has 0 aliphatic carbocycles. The van der Waals surface area contributed by atoms with Crippen molar-refractivity contribution in [2.75, 3.05) is 6.61 Å². The molecule has 0 radical (unpaired) electrons. The zero-order valence-electron chi connectivity index (χ0n) is 11.6. The SMILES string of the molecule is CCOC(=O)C(CCC(=O)Cl)NC(=O)OC(C)(C)C. The molecular weight excluding hydrogens is 274 g/mol. The van der Waals surface area contributed by atoms with Crippen molar-refractivity contribution < 1.29 is 23.9 Å². The second-order valence-electron chi connectivity index (χ2n) is 4.84. The van der Waals surface area contributed by atoms with E-state index in [0.29, 0.717) is 0 Å². The summed E-state index contributed by atoms with van der Waals surface area (Å²) in [6.07, 6.45) is -0.714. The van der Waals surface area contributed by atoms with Crippen molar-refractivity contribution in [3.8, 4) is 0 Å². The summed E-state index contributed by atoms with van der Waals surface area (Å²) in [4.78, 5) is 33.9. The number of hydrogen-bond donors (Lipinski definition) is 1. The first-order chi connectivity index (χ1) is 8.65. The summed E-state index contributed by atoms with van der Waals surface area (Å²) in [5.74, 6) is -0.619. The van der Waals surface area contributed by atoms with Gasteiger partial charge >= 0.3 is 12.1 Å². The minimum Gasteiger partial charge on any atom is -0.464 e. The number of ether oxygens (including phenoxy) is 2. The molecule has 0 rings (SSSR count). The van der Waals surface area contributed by atoms with E-state index in [1.807, 2.05) is 0 Å². The molecule has 0 aliphatic rings. The van der Waals surface area contributed by atoms with Crippen LogP contribution in [0.1, 0.15) is 40.5 Å². The Hall–Kier alpha value is -1.30. The van der Waals surface area contributed by atoms with Gasteiger partial charge in [0.2, 0.25) is 5.24 Å². The minimum absolute atomic E-state index is 0.0408. The van der Waals surface area contributed by atoms with Gasteiger partial charge in [-0.25, -0.2) is 9.59 Å². The van der Waals surface area contributed by atoms with Crippen LogP contribution < -0.4 is 5.32 Å². The third-order valence-corrected chi connectivity index (χ3v) is 2.08.